The number of likely N-dealkylation sites (N-methyl/N-ethyl adjacent to an activating group) is 1. The molecule has 184 valence electrons. The molecular formula is C26H28FN3O4S. The third-order valence-electron chi connectivity index (χ3n) is 5.61. The summed E-state index contributed by atoms with van der Waals surface area (Å²) >= 11 is 0. The van der Waals surface area contributed by atoms with Crippen molar-refractivity contribution in [3.8, 4) is 0 Å². The molecule has 9 heteroatoms. The quantitative estimate of drug-likeness (QED) is 0.490. The number of nitrogens with one attached hydrogen (secondary N) is 1. The Morgan fingerprint density at radius 3 is 2.11 bits per heavy atom. The van der Waals surface area contributed by atoms with Crippen molar-refractivity contribution in [2.24, 2.45) is 0 Å². The highest BCUT2D eigenvalue weighted by Gasteiger charge is 2.32. The highest BCUT2D eigenvalue weighted by Crippen LogP contribution is 2.25. The zero-order valence-corrected chi connectivity index (χ0v) is 20.6. The van der Waals surface area contributed by atoms with Gasteiger partial charge in [-0.15, -0.1) is 0 Å². The first-order valence-corrected chi connectivity index (χ1v) is 12.5. The Labute approximate surface area is 205 Å². The van der Waals surface area contributed by atoms with Crippen molar-refractivity contribution in [1.29, 1.82) is 0 Å². The normalized spacial score (nSPS) is 12.0. The van der Waals surface area contributed by atoms with Gasteiger partial charge in [0.05, 0.1) is 10.6 Å². The van der Waals surface area contributed by atoms with Crippen LogP contribution in [0.4, 0.5) is 10.1 Å². The molecular weight excluding hydrogens is 469 g/mol. The SMILES string of the molecule is CNC(=O)C(C)N(Cc1ccc(C)cc1)C(=O)CN(c1ccc(F)cc1)S(=O)(=O)c1ccccc1. The van der Waals surface area contributed by atoms with E-state index in [0.717, 1.165) is 27.6 Å². The number of aryl methyl sites for hydroxylation is 1. The third kappa shape index (κ3) is 6.24. The van der Waals surface area contributed by atoms with Crippen LogP contribution in [0.2, 0.25) is 0 Å². The number of amides is 2. The van der Waals surface area contributed by atoms with Crippen molar-refractivity contribution >= 4 is 27.5 Å². The summed E-state index contributed by atoms with van der Waals surface area (Å²) in [5.41, 5.74) is 1.97. The first kappa shape index (κ1) is 25.9. The number of halogens is 1. The second-order valence-corrected chi connectivity index (χ2v) is 9.96. The lowest BCUT2D eigenvalue weighted by Gasteiger charge is -2.31. The predicted molar refractivity (Wildman–Crippen MR) is 133 cm³/mol. The van der Waals surface area contributed by atoms with E-state index in [1.165, 1.54) is 36.2 Å². The number of rotatable bonds is 9. The number of hydrogen-bond acceptors (Lipinski definition) is 4. The summed E-state index contributed by atoms with van der Waals surface area (Å²) in [6, 6.07) is 19.2. The summed E-state index contributed by atoms with van der Waals surface area (Å²) in [5, 5.41) is 2.54. The van der Waals surface area contributed by atoms with Crippen LogP contribution in [0.15, 0.2) is 83.8 Å². The van der Waals surface area contributed by atoms with Gasteiger partial charge in [-0.1, -0.05) is 48.0 Å². The van der Waals surface area contributed by atoms with Crippen LogP contribution >= 0.6 is 0 Å². The maximum absolute atomic E-state index is 13.6. The zero-order chi connectivity index (χ0) is 25.6. The van der Waals surface area contributed by atoms with E-state index in [1.54, 1.807) is 25.1 Å². The summed E-state index contributed by atoms with van der Waals surface area (Å²) in [6.07, 6.45) is 0. The van der Waals surface area contributed by atoms with Crippen molar-refractivity contribution in [2.45, 2.75) is 31.3 Å². The molecule has 0 bridgehead atoms. The Bertz CT molecular complexity index is 1260. The Morgan fingerprint density at radius 1 is 0.943 bits per heavy atom. The average molecular weight is 498 g/mol. The molecule has 3 aromatic rings. The van der Waals surface area contributed by atoms with E-state index >= 15 is 0 Å². The number of carbonyl (C=O) groups excluding carboxylic acids is 2. The van der Waals surface area contributed by atoms with E-state index in [2.05, 4.69) is 5.32 Å². The molecule has 0 saturated carbocycles. The van der Waals surface area contributed by atoms with Gasteiger partial charge >= 0.3 is 0 Å². The van der Waals surface area contributed by atoms with E-state index in [9.17, 15) is 22.4 Å². The molecule has 0 aliphatic heterocycles. The number of carbonyl (C=O) groups is 2. The van der Waals surface area contributed by atoms with Gasteiger partial charge in [0.2, 0.25) is 11.8 Å². The largest absolute Gasteiger partial charge is 0.357 e. The molecule has 0 saturated heterocycles. The fourth-order valence-corrected chi connectivity index (χ4v) is 4.97. The van der Waals surface area contributed by atoms with Crippen LogP contribution in [-0.2, 0) is 26.2 Å². The highest BCUT2D eigenvalue weighted by molar-refractivity contribution is 7.92. The summed E-state index contributed by atoms with van der Waals surface area (Å²) in [4.78, 5) is 27.3. The molecule has 0 aliphatic rings. The lowest BCUT2D eigenvalue weighted by Crippen LogP contribution is -2.50. The van der Waals surface area contributed by atoms with Gasteiger partial charge in [0.1, 0.15) is 18.4 Å². The van der Waals surface area contributed by atoms with E-state index in [-0.39, 0.29) is 23.0 Å². The number of anilines is 1. The number of nitrogens with zero attached hydrogens (tertiary/aromatic N) is 2. The molecule has 2 amide bonds. The van der Waals surface area contributed by atoms with E-state index in [1.807, 2.05) is 31.2 Å². The molecule has 1 atom stereocenters. The van der Waals surface area contributed by atoms with Crippen LogP contribution in [-0.4, -0.2) is 44.8 Å². The van der Waals surface area contributed by atoms with Crippen LogP contribution < -0.4 is 9.62 Å². The Kier molecular flexibility index (Phi) is 8.24. The van der Waals surface area contributed by atoms with Crippen molar-refractivity contribution in [3.63, 3.8) is 0 Å². The minimum Gasteiger partial charge on any atom is -0.357 e. The summed E-state index contributed by atoms with van der Waals surface area (Å²) in [7, 11) is -2.69. The number of hydrogen-bond donors (Lipinski definition) is 1. The van der Waals surface area contributed by atoms with Crippen LogP contribution in [0.5, 0.6) is 0 Å². The third-order valence-corrected chi connectivity index (χ3v) is 7.40. The fourth-order valence-electron chi connectivity index (χ4n) is 3.54. The van der Waals surface area contributed by atoms with Gasteiger partial charge in [-0.2, -0.15) is 0 Å². The minimum atomic E-state index is -4.16. The van der Waals surface area contributed by atoms with Crippen LogP contribution in [0.3, 0.4) is 0 Å². The predicted octanol–water partition coefficient (Wildman–Crippen LogP) is 3.49. The van der Waals surface area contributed by atoms with Crippen molar-refractivity contribution in [3.05, 3.63) is 95.8 Å². The molecule has 0 aliphatic carbocycles. The van der Waals surface area contributed by atoms with Gasteiger partial charge in [0.25, 0.3) is 10.0 Å². The van der Waals surface area contributed by atoms with E-state index in [4.69, 9.17) is 0 Å². The molecule has 3 aromatic carbocycles. The molecule has 35 heavy (non-hydrogen) atoms. The Morgan fingerprint density at radius 2 is 1.54 bits per heavy atom. The molecule has 1 unspecified atom stereocenters. The van der Waals surface area contributed by atoms with Gasteiger partial charge in [0, 0.05) is 13.6 Å². The summed E-state index contributed by atoms with van der Waals surface area (Å²) in [6.45, 7) is 3.06. The monoisotopic (exact) mass is 497 g/mol. The van der Waals surface area contributed by atoms with Gasteiger partial charge in [-0.05, 0) is 55.8 Å². The lowest BCUT2D eigenvalue weighted by molar-refractivity contribution is -0.139. The summed E-state index contributed by atoms with van der Waals surface area (Å²) < 4.78 is 41.5. The van der Waals surface area contributed by atoms with Gasteiger partial charge < -0.3 is 10.2 Å². The van der Waals surface area contributed by atoms with Crippen LogP contribution in [0.1, 0.15) is 18.1 Å². The van der Waals surface area contributed by atoms with E-state index < -0.39 is 34.3 Å². The summed E-state index contributed by atoms with van der Waals surface area (Å²) in [5.74, 6) is -1.50. The smallest absolute Gasteiger partial charge is 0.264 e. The molecule has 7 nitrogen and oxygen atoms in total. The number of sulfonamides is 1. The number of benzene rings is 3. The van der Waals surface area contributed by atoms with Gasteiger partial charge in [-0.25, -0.2) is 12.8 Å². The highest BCUT2D eigenvalue weighted by atomic mass is 32.2. The van der Waals surface area contributed by atoms with Crippen LogP contribution in [0, 0.1) is 12.7 Å². The molecule has 0 radical (unpaired) electrons. The van der Waals surface area contributed by atoms with Crippen LogP contribution in [0.25, 0.3) is 0 Å². The van der Waals surface area contributed by atoms with E-state index in [0.29, 0.717) is 0 Å². The van der Waals surface area contributed by atoms with Crippen molar-refractivity contribution in [1.82, 2.24) is 10.2 Å². The minimum absolute atomic E-state index is 0.0124. The Hall–Kier alpha value is -3.72. The second kappa shape index (κ2) is 11.1. The first-order chi connectivity index (χ1) is 16.6. The molecule has 3 rings (SSSR count). The first-order valence-electron chi connectivity index (χ1n) is 11.0. The lowest BCUT2D eigenvalue weighted by atomic mass is 10.1. The maximum atomic E-state index is 13.6. The average Bonchev–Trinajstić information content (AvgIpc) is 2.87. The topological polar surface area (TPSA) is 86.8 Å². The maximum Gasteiger partial charge on any atom is 0.264 e. The van der Waals surface area contributed by atoms with Gasteiger partial charge in [-0.3, -0.25) is 13.9 Å². The molecule has 1 N–H and O–H groups in total. The molecule has 0 spiro atoms. The Balaban J connectivity index is 2.00. The molecule has 0 aromatic heterocycles. The van der Waals surface area contributed by atoms with Gasteiger partial charge in [0.15, 0.2) is 0 Å². The van der Waals surface area contributed by atoms with Crippen molar-refractivity contribution < 1.29 is 22.4 Å². The van der Waals surface area contributed by atoms with Crippen molar-refractivity contribution in [2.75, 3.05) is 17.9 Å². The second-order valence-electron chi connectivity index (χ2n) is 8.10. The zero-order valence-electron chi connectivity index (χ0n) is 19.8. The fraction of sp³-hybridized carbons (Fsp3) is 0.231. The molecule has 0 heterocycles. The standard InChI is InChI=1S/C26H28FN3O4S/c1-19-9-11-21(12-10-19)17-29(20(2)26(32)28-3)25(31)18-30(23-15-13-22(27)14-16-23)35(33,34)24-7-5-4-6-8-24/h4-16,20H,17-18H2,1-3H3,(H,28,32). The molecule has 0 fully saturated rings.